The minimum Gasteiger partial charge on any atom is -0.510 e. The third-order valence-electron chi connectivity index (χ3n) is 9.67. The molecule has 4 atom stereocenters. The van der Waals surface area contributed by atoms with Gasteiger partial charge in [0.2, 0.25) is 5.78 Å². The number of aliphatic hydroxyl groups excluding tert-OH is 2. The zero-order valence-corrected chi connectivity index (χ0v) is 25.4. The number of methoxy groups -OCH3 is 1. The van der Waals surface area contributed by atoms with Crippen molar-refractivity contribution in [3.63, 3.8) is 0 Å². The molecule has 0 saturated carbocycles. The first-order valence-corrected chi connectivity index (χ1v) is 14.9. The highest BCUT2D eigenvalue weighted by Crippen LogP contribution is 2.53. The van der Waals surface area contributed by atoms with Gasteiger partial charge < -0.3 is 35.6 Å². The van der Waals surface area contributed by atoms with Gasteiger partial charge in [-0.15, -0.1) is 0 Å². The van der Waals surface area contributed by atoms with Crippen molar-refractivity contribution in [2.75, 3.05) is 47.5 Å². The fourth-order valence-corrected chi connectivity index (χ4v) is 7.58. The molecule has 0 aromatic heterocycles. The van der Waals surface area contributed by atoms with Crippen molar-refractivity contribution < 1.29 is 44.3 Å². The number of ether oxygens (including phenoxy) is 2. The Morgan fingerprint density at radius 1 is 1.11 bits per heavy atom. The van der Waals surface area contributed by atoms with E-state index in [2.05, 4.69) is 4.90 Å². The van der Waals surface area contributed by atoms with Gasteiger partial charge in [-0.3, -0.25) is 24.2 Å². The van der Waals surface area contributed by atoms with E-state index in [-0.39, 0.29) is 29.7 Å². The third-order valence-corrected chi connectivity index (χ3v) is 9.67. The number of carbonyl (C=O) groups excluding carboxylic acids is 3. The Balaban J connectivity index is 1.48. The first kappa shape index (κ1) is 30.8. The second-order valence-electron chi connectivity index (χ2n) is 12.4. The summed E-state index contributed by atoms with van der Waals surface area (Å²) in [6.07, 6.45) is 0.185. The van der Waals surface area contributed by atoms with Gasteiger partial charge in [0.25, 0.3) is 5.91 Å². The summed E-state index contributed by atoms with van der Waals surface area (Å²) in [7, 11) is 4.75. The van der Waals surface area contributed by atoms with Gasteiger partial charge in [0.1, 0.15) is 28.6 Å². The van der Waals surface area contributed by atoms with E-state index < -0.39 is 58.0 Å². The molecule has 12 heteroatoms. The predicted molar refractivity (Wildman–Crippen MR) is 162 cm³/mol. The average molecular weight is 620 g/mol. The number of allylic oxidation sites excluding steroid dienone is 1. The Morgan fingerprint density at radius 2 is 1.82 bits per heavy atom. The van der Waals surface area contributed by atoms with Crippen LogP contribution in [0.5, 0.6) is 11.5 Å². The maximum atomic E-state index is 14.2. The minimum absolute atomic E-state index is 0.00899. The summed E-state index contributed by atoms with van der Waals surface area (Å²) in [5, 5.41) is 45.4. The van der Waals surface area contributed by atoms with Crippen LogP contribution in [0, 0.1) is 11.8 Å². The van der Waals surface area contributed by atoms with Crippen LogP contribution in [0.2, 0.25) is 0 Å². The number of hydrogen-bond donors (Lipinski definition) is 5. The molecule has 1 saturated heterocycles. The number of fused-ring (bicyclic) bond motifs is 3. The summed E-state index contributed by atoms with van der Waals surface area (Å²) in [6.45, 7) is 3.62. The van der Waals surface area contributed by atoms with Crippen LogP contribution in [-0.4, -0.2) is 107 Å². The van der Waals surface area contributed by atoms with E-state index in [0.717, 1.165) is 24.2 Å². The number of aromatic hydroxyl groups is 1. The summed E-state index contributed by atoms with van der Waals surface area (Å²) in [6, 6.07) is 7.93. The van der Waals surface area contributed by atoms with Crippen molar-refractivity contribution in [1.82, 2.24) is 9.80 Å². The molecular formula is C33H37N3O9. The Labute approximate surface area is 259 Å². The molecule has 0 spiro atoms. The quantitative estimate of drug-likeness (QED) is 0.296. The lowest BCUT2D eigenvalue weighted by molar-refractivity contribution is -0.148. The van der Waals surface area contributed by atoms with E-state index in [4.69, 9.17) is 15.2 Å². The summed E-state index contributed by atoms with van der Waals surface area (Å²) >= 11 is 0. The van der Waals surface area contributed by atoms with Gasteiger partial charge in [0, 0.05) is 36.7 Å². The fourth-order valence-electron chi connectivity index (χ4n) is 7.58. The SMILES string of the molecule is COc1ccc(CN2CCOCC2)cc1-c1ccc(O)c2c1CC1CC3C(N(C)C)C(O)=C(C(N)=O)C(=O)C3(O)C(O)=C1C2=O. The molecule has 4 aliphatic rings. The van der Waals surface area contributed by atoms with Crippen LogP contribution in [0.4, 0.5) is 0 Å². The van der Waals surface area contributed by atoms with Gasteiger partial charge in [-0.25, -0.2) is 0 Å². The molecule has 2 aromatic carbocycles. The normalized spacial score (nSPS) is 26.9. The molecular weight excluding hydrogens is 582 g/mol. The molecule has 1 amide bonds. The monoisotopic (exact) mass is 619 g/mol. The molecule has 2 aromatic rings. The number of likely N-dealkylation sites (N-methyl/N-ethyl adjacent to an activating group) is 1. The lowest BCUT2D eigenvalue weighted by Crippen LogP contribution is -2.63. The number of rotatable bonds is 6. The largest absolute Gasteiger partial charge is 0.510 e. The van der Waals surface area contributed by atoms with Gasteiger partial charge in [-0.1, -0.05) is 12.1 Å². The molecule has 6 N–H and O–H groups in total. The van der Waals surface area contributed by atoms with Crippen LogP contribution in [0.25, 0.3) is 11.1 Å². The number of amides is 1. The van der Waals surface area contributed by atoms with Gasteiger partial charge in [-0.05, 0) is 67.7 Å². The van der Waals surface area contributed by atoms with E-state index in [1.807, 2.05) is 18.2 Å². The average Bonchev–Trinajstić information content (AvgIpc) is 2.99. The summed E-state index contributed by atoms with van der Waals surface area (Å²) < 4.78 is 11.2. The topological polar surface area (TPSA) is 183 Å². The summed E-state index contributed by atoms with van der Waals surface area (Å²) in [5.41, 5.74) is 4.60. The molecule has 0 bridgehead atoms. The number of nitrogens with zero attached hydrogens (tertiary/aromatic N) is 2. The van der Waals surface area contributed by atoms with Crippen molar-refractivity contribution in [1.29, 1.82) is 0 Å². The number of primary amides is 1. The Kier molecular flexibility index (Phi) is 7.72. The first-order valence-electron chi connectivity index (χ1n) is 14.9. The van der Waals surface area contributed by atoms with Crippen LogP contribution in [0.3, 0.4) is 0 Å². The second kappa shape index (κ2) is 11.3. The zero-order valence-electron chi connectivity index (χ0n) is 25.4. The Hall–Kier alpha value is -4.23. The lowest BCUT2D eigenvalue weighted by atomic mass is 9.58. The standard InChI is InChI=1S/C33H37N3O9/c1-35(2)27-21-14-17-13-20-18(19-12-16(4-7-23(19)44-3)15-36-8-10-45-11-9-36)5-6-22(37)25(20)28(38)24(17)30(40)33(21,43)31(41)26(29(27)39)32(34)42/h4-7,12,17,21,27,37,39-40,43H,8-11,13-15H2,1-3H3,(H2,34,42). The van der Waals surface area contributed by atoms with E-state index >= 15 is 0 Å². The van der Waals surface area contributed by atoms with Gasteiger partial charge in [-0.2, -0.15) is 0 Å². The van der Waals surface area contributed by atoms with Gasteiger partial charge in [0.15, 0.2) is 11.4 Å². The van der Waals surface area contributed by atoms with Crippen molar-refractivity contribution in [3.05, 3.63) is 69.7 Å². The first-order chi connectivity index (χ1) is 21.4. The highest BCUT2D eigenvalue weighted by Gasteiger charge is 2.63. The van der Waals surface area contributed by atoms with Crippen LogP contribution in [0.15, 0.2) is 53.0 Å². The maximum Gasteiger partial charge on any atom is 0.255 e. The van der Waals surface area contributed by atoms with E-state index in [1.165, 1.54) is 11.0 Å². The van der Waals surface area contributed by atoms with Gasteiger partial charge in [0.05, 0.1) is 31.9 Å². The fraction of sp³-hybridized carbons (Fsp3) is 0.424. The molecule has 3 aliphatic carbocycles. The van der Waals surface area contributed by atoms with Crippen LogP contribution >= 0.6 is 0 Å². The van der Waals surface area contributed by atoms with Crippen molar-refractivity contribution in [2.24, 2.45) is 17.6 Å². The number of phenolic OH excluding ortho intramolecular Hbond substituents is 1. The molecule has 12 nitrogen and oxygen atoms in total. The molecule has 1 aliphatic heterocycles. The number of hydrogen-bond acceptors (Lipinski definition) is 11. The number of ketones is 2. The van der Waals surface area contributed by atoms with Crippen molar-refractivity contribution in [3.8, 4) is 22.6 Å². The number of benzene rings is 2. The van der Waals surface area contributed by atoms with Crippen LogP contribution in [0.1, 0.15) is 27.9 Å². The number of phenols is 1. The van der Waals surface area contributed by atoms with E-state index in [9.17, 15) is 34.8 Å². The Bertz CT molecular complexity index is 1670. The molecule has 1 fully saturated rings. The number of Topliss-reactive ketones (excluding diaryl/α,β-unsaturated/α-hetero) is 2. The van der Waals surface area contributed by atoms with Gasteiger partial charge >= 0.3 is 0 Å². The zero-order chi connectivity index (χ0) is 32.4. The number of morpholine rings is 1. The Morgan fingerprint density at radius 3 is 2.47 bits per heavy atom. The molecule has 6 rings (SSSR count). The van der Waals surface area contributed by atoms with Crippen LogP contribution in [-0.2, 0) is 27.3 Å². The maximum absolute atomic E-state index is 14.2. The minimum atomic E-state index is -2.69. The second-order valence-corrected chi connectivity index (χ2v) is 12.4. The van der Waals surface area contributed by atoms with E-state index in [1.54, 1.807) is 27.3 Å². The number of nitrogens with two attached hydrogens (primary N) is 1. The summed E-state index contributed by atoms with van der Waals surface area (Å²) in [5.74, 6) is -6.28. The lowest BCUT2D eigenvalue weighted by Gasteiger charge is -2.50. The summed E-state index contributed by atoms with van der Waals surface area (Å²) in [4.78, 5) is 43.7. The highest BCUT2D eigenvalue weighted by atomic mass is 16.5. The molecule has 1 heterocycles. The molecule has 238 valence electrons. The smallest absolute Gasteiger partial charge is 0.255 e. The molecule has 0 radical (unpaired) electrons. The molecule has 4 unspecified atom stereocenters. The van der Waals surface area contributed by atoms with Crippen molar-refractivity contribution in [2.45, 2.75) is 31.0 Å². The number of aliphatic hydroxyl groups is 3. The van der Waals surface area contributed by atoms with Crippen LogP contribution < -0.4 is 10.5 Å². The third kappa shape index (κ3) is 4.71. The van der Waals surface area contributed by atoms with Crippen molar-refractivity contribution >= 4 is 17.5 Å². The van der Waals surface area contributed by atoms with E-state index in [0.29, 0.717) is 36.6 Å². The predicted octanol–water partition coefficient (Wildman–Crippen LogP) is 1.63. The number of carbonyl (C=O) groups is 3. The molecule has 45 heavy (non-hydrogen) atoms. The highest BCUT2D eigenvalue weighted by molar-refractivity contribution is 6.25.